The van der Waals surface area contributed by atoms with Gasteiger partial charge in [-0.05, 0) is 5.56 Å². The van der Waals surface area contributed by atoms with Crippen LogP contribution in [0.15, 0.2) is 24.8 Å². The number of carboxylic acids is 1. The fourth-order valence-electron chi connectivity index (χ4n) is 1.41. The highest BCUT2D eigenvalue weighted by Gasteiger charge is 2.10. The van der Waals surface area contributed by atoms with E-state index in [0.29, 0.717) is 12.1 Å². The fraction of sp³-hybridized carbons (Fsp3) is 0.200. The fourth-order valence-corrected chi connectivity index (χ4v) is 1.41. The lowest BCUT2D eigenvalue weighted by Crippen LogP contribution is -2.04. The predicted octanol–water partition coefficient (Wildman–Crippen LogP) is 0.418. The van der Waals surface area contributed by atoms with Gasteiger partial charge in [0.15, 0.2) is 0 Å². The van der Waals surface area contributed by atoms with Crippen LogP contribution in [0.1, 0.15) is 17.0 Å². The normalized spacial score (nSPS) is 10.2. The number of H-pyrrole nitrogens is 1. The lowest BCUT2D eigenvalue weighted by Gasteiger charge is -1.99. The minimum Gasteiger partial charge on any atom is -0.481 e. The van der Waals surface area contributed by atoms with Crippen molar-refractivity contribution in [3.63, 3.8) is 0 Å². The molecule has 0 aromatic carbocycles. The average Bonchev–Trinajstić information content (AvgIpc) is 2.66. The Morgan fingerprint density at radius 3 is 2.94 bits per heavy atom. The number of hydrogen-bond acceptors (Lipinski definition) is 4. The third kappa shape index (κ3) is 2.41. The van der Waals surface area contributed by atoms with Gasteiger partial charge in [-0.1, -0.05) is 0 Å². The second-order valence-corrected chi connectivity index (χ2v) is 3.32. The molecule has 0 spiro atoms. The van der Waals surface area contributed by atoms with Crippen molar-refractivity contribution in [3.05, 3.63) is 41.7 Å². The third-order valence-corrected chi connectivity index (χ3v) is 2.12. The number of hydrogen-bond donors (Lipinski definition) is 2. The quantitative estimate of drug-likeness (QED) is 0.775. The molecule has 0 fully saturated rings. The van der Waals surface area contributed by atoms with Gasteiger partial charge in [0.1, 0.15) is 0 Å². The number of aromatic amines is 1. The van der Waals surface area contributed by atoms with E-state index in [-0.39, 0.29) is 6.42 Å². The summed E-state index contributed by atoms with van der Waals surface area (Å²) in [7, 11) is 0. The number of carbonyl (C=O) groups is 1. The summed E-state index contributed by atoms with van der Waals surface area (Å²) in [5, 5.41) is 15.2. The summed E-state index contributed by atoms with van der Waals surface area (Å²) < 4.78 is 0. The molecule has 2 heterocycles. The topological polar surface area (TPSA) is 91.8 Å². The maximum absolute atomic E-state index is 10.6. The summed E-state index contributed by atoms with van der Waals surface area (Å²) in [6.07, 6.45) is 6.94. The van der Waals surface area contributed by atoms with Crippen LogP contribution in [0.2, 0.25) is 0 Å². The molecule has 0 radical (unpaired) electrons. The monoisotopic (exact) mass is 218 g/mol. The molecule has 0 saturated carbocycles. The van der Waals surface area contributed by atoms with Crippen molar-refractivity contribution in [1.29, 1.82) is 0 Å². The number of nitrogens with zero attached hydrogens (tertiary/aromatic N) is 3. The Balaban J connectivity index is 2.16. The molecular formula is C10H10N4O2. The maximum atomic E-state index is 10.6. The van der Waals surface area contributed by atoms with E-state index in [4.69, 9.17) is 5.11 Å². The second-order valence-electron chi connectivity index (χ2n) is 3.32. The molecule has 2 aromatic heterocycles. The highest BCUT2D eigenvalue weighted by Crippen LogP contribution is 2.10. The molecule has 0 amide bonds. The summed E-state index contributed by atoms with van der Waals surface area (Å²) in [5.74, 6) is -0.885. The van der Waals surface area contributed by atoms with Crippen molar-refractivity contribution in [2.75, 3.05) is 0 Å². The zero-order valence-electron chi connectivity index (χ0n) is 8.42. The Kier molecular flexibility index (Phi) is 2.90. The van der Waals surface area contributed by atoms with E-state index in [0.717, 1.165) is 11.3 Å². The van der Waals surface area contributed by atoms with E-state index in [9.17, 15) is 4.79 Å². The number of rotatable bonds is 4. The van der Waals surface area contributed by atoms with E-state index < -0.39 is 5.97 Å². The van der Waals surface area contributed by atoms with Crippen molar-refractivity contribution in [1.82, 2.24) is 20.2 Å². The lowest BCUT2D eigenvalue weighted by atomic mass is 10.1. The Morgan fingerprint density at radius 1 is 1.38 bits per heavy atom. The summed E-state index contributed by atoms with van der Waals surface area (Å²) in [4.78, 5) is 18.7. The number of aromatic nitrogens is 4. The number of aliphatic carboxylic acids is 1. The highest BCUT2D eigenvalue weighted by molar-refractivity contribution is 5.70. The van der Waals surface area contributed by atoms with Crippen LogP contribution >= 0.6 is 0 Å². The molecular weight excluding hydrogens is 208 g/mol. The minimum atomic E-state index is -0.885. The van der Waals surface area contributed by atoms with Crippen molar-refractivity contribution in [3.8, 4) is 0 Å². The van der Waals surface area contributed by atoms with Gasteiger partial charge in [0.25, 0.3) is 0 Å². The first-order valence-corrected chi connectivity index (χ1v) is 4.73. The third-order valence-electron chi connectivity index (χ3n) is 2.12. The van der Waals surface area contributed by atoms with Gasteiger partial charge < -0.3 is 5.11 Å². The van der Waals surface area contributed by atoms with Crippen LogP contribution in [-0.2, 0) is 17.6 Å². The van der Waals surface area contributed by atoms with Crippen molar-refractivity contribution in [2.24, 2.45) is 0 Å². The van der Waals surface area contributed by atoms with Gasteiger partial charge in [-0.15, -0.1) is 0 Å². The van der Waals surface area contributed by atoms with E-state index in [1.807, 2.05) is 0 Å². The zero-order chi connectivity index (χ0) is 11.4. The van der Waals surface area contributed by atoms with Crippen LogP contribution in [0.25, 0.3) is 0 Å². The highest BCUT2D eigenvalue weighted by atomic mass is 16.4. The first-order chi connectivity index (χ1) is 7.75. The van der Waals surface area contributed by atoms with E-state index >= 15 is 0 Å². The van der Waals surface area contributed by atoms with Gasteiger partial charge >= 0.3 is 5.97 Å². The lowest BCUT2D eigenvalue weighted by molar-refractivity contribution is -0.136. The number of nitrogens with one attached hydrogen (secondary N) is 1. The Hall–Kier alpha value is -2.24. The molecule has 0 unspecified atom stereocenters. The summed E-state index contributed by atoms with van der Waals surface area (Å²) in [6.45, 7) is 0. The first-order valence-electron chi connectivity index (χ1n) is 4.73. The summed E-state index contributed by atoms with van der Waals surface area (Å²) >= 11 is 0. The first kappa shape index (κ1) is 10.3. The minimum absolute atomic E-state index is 0.0599. The van der Waals surface area contributed by atoms with Gasteiger partial charge in [-0.2, -0.15) is 5.10 Å². The molecule has 16 heavy (non-hydrogen) atoms. The predicted molar refractivity (Wildman–Crippen MR) is 54.8 cm³/mol. The zero-order valence-corrected chi connectivity index (χ0v) is 8.42. The molecule has 0 aliphatic heterocycles. The maximum Gasteiger partial charge on any atom is 0.309 e. The standard InChI is InChI=1S/C10H10N4O2/c15-10(16)4-9-7(5-13-14-9)3-8-6-11-1-2-12-8/h1-2,5-6H,3-4H2,(H,13,14)(H,15,16). The van der Waals surface area contributed by atoms with Crippen LogP contribution in [0, 0.1) is 0 Å². The molecule has 0 atom stereocenters. The van der Waals surface area contributed by atoms with Crippen LogP contribution in [0.4, 0.5) is 0 Å². The van der Waals surface area contributed by atoms with E-state index in [1.54, 1.807) is 24.8 Å². The smallest absolute Gasteiger partial charge is 0.309 e. The van der Waals surface area contributed by atoms with Gasteiger partial charge in [-0.25, -0.2) is 0 Å². The van der Waals surface area contributed by atoms with Crippen molar-refractivity contribution < 1.29 is 9.90 Å². The molecule has 2 rings (SSSR count). The average molecular weight is 218 g/mol. The molecule has 0 saturated heterocycles. The Labute approximate surface area is 91.4 Å². The summed E-state index contributed by atoms with van der Waals surface area (Å²) in [6, 6.07) is 0. The largest absolute Gasteiger partial charge is 0.481 e. The van der Waals surface area contributed by atoms with Crippen molar-refractivity contribution in [2.45, 2.75) is 12.8 Å². The van der Waals surface area contributed by atoms with Gasteiger partial charge in [-0.3, -0.25) is 19.9 Å². The molecule has 2 N–H and O–H groups in total. The van der Waals surface area contributed by atoms with Gasteiger partial charge in [0.2, 0.25) is 0 Å². The van der Waals surface area contributed by atoms with E-state index in [2.05, 4.69) is 20.2 Å². The Morgan fingerprint density at radius 2 is 2.25 bits per heavy atom. The molecule has 6 nitrogen and oxygen atoms in total. The van der Waals surface area contributed by atoms with Crippen LogP contribution in [0.5, 0.6) is 0 Å². The number of carboxylic acid groups (broad SMARTS) is 1. The van der Waals surface area contributed by atoms with Crippen LogP contribution in [0.3, 0.4) is 0 Å². The second kappa shape index (κ2) is 4.52. The molecule has 0 aliphatic rings. The Bertz CT molecular complexity index is 481. The summed E-state index contributed by atoms with van der Waals surface area (Å²) in [5.41, 5.74) is 2.23. The van der Waals surface area contributed by atoms with Gasteiger partial charge in [0.05, 0.1) is 18.3 Å². The van der Waals surface area contributed by atoms with Crippen LogP contribution in [-0.4, -0.2) is 31.2 Å². The van der Waals surface area contributed by atoms with E-state index in [1.165, 1.54) is 0 Å². The van der Waals surface area contributed by atoms with Crippen LogP contribution < -0.4 is 0 Å². The van der Waals surface area contributed by atoms with Crippen molar-refractivity contribution >= 4 is 5.97 Å². The molecule has 6 heteroatoms. The molecule has 82 valence electrons. The van der Waals surface area contributed by atoms with Gasteiger partial charge in [0, 0.05) is 30.7 Å². The molecule has 2 aromatic rings. The SMILES string of the molecule is O=C(O)Cc1[nH]ncc1Cc1cnccn1. The molecule has 0 aliphatic carbocycles. The molecule has 0 bridgehead atoms.